The first-order chi connectivity index (χ1) is 10.6. The van der Waals surface area contributed by atoms with Crippen LogP contribution in [0.15, 0.2) is 40.3 Å². The predicted octanol–water partition coefficient (Wildman–Crippen LogP) is 3.79. The van der Waals surface area contributed by atoms with Crippen LogP contribution in [0.2, 0.25) is 0 Å². The summed E-state index contributed by atoms with van der Waals surface area (Å²) in [6.07, 6.45) is 3.46. The summed E-state index contributed by atoms with van der Waals surface area (Å²) in [5, 5.41) is 9.34. The number of rotatable bonds is 4. The van der Waals surface area contributed by atoms with Crippen LogP contribution in [0.25, 0.3) is 0 Å². The van der Waals surface area contributed by atoms with Crippen LogP contribution in [0.4, 0.5) is 0 Å². The van der Waals surface area contributed by atoms with Gasteiger partial charge in [0.25, 0.3) is 0 Å². The molecule has 0 radical (unpaired) electrons. The summed E-state index contributed by atoms with van der Waals surface area (Å²) in [6.45, 7) is 1.48. The number of carboxylic acid groups (broad SMARTS) is 1. The highest BCUT2D eigenvalue weighted by molar-refractivity contribution is 9.11. The molecule has 6 heteroatoms. The Morgan fingerprint density at radius 1 is 1.41 bits per heavy atom. The number of carboxylic acids is 1. The van der Waals surface area contributed by atoms with Gasteiger partial charge < -0.3 is 5.11 Å². The molecule has 0 amide bonds. The molecule has 1 aliphatic rings. The lowest BCUT2D eigenvalue weighted by Gasteiger charge is -2.36. The van der Waals surface area contributed by atoms with Gasteiger partial charge in [-0.05, 0) is 59.6 Å². The van der Waals surface area contributed by atoms with Crippen molar-refractivity contribution in [3.05, 3.63) is 50.9 Å². The van der Waals surface area contributed by atoms with Gasteiger partial charge in [-0.3, -0.25) is 14.7 Å². The van der Waals surface area contributed by atoms with Crippen molar-refractivity contribution in [1.82, 2.24) is 9.88 Å². The standard InChI is InChI=1S/C16H17BrN2O2S/c17-14-7-6-13(22-14)15(12-5-1-2-8-18-12)19-9-3-4-11(10-19)16(20)21/h1-2,5-8,11,15H,3-4,9-10H2,(H,20,21). The van der Waals surface area contributed by atoms with E-state index in [1.165, 1.54) is 4.88 Å². The Morgan fingerprint density at radius 3 is 2.91 bits per heavy atom. The summed E-state index contributed by atoms with van der Waals surface area (Å²) in [5.74, 6) is -0.986. The third-order valence-electron chi connectivity index (χ3n) is 4.00. The van der Waals surface area contributed by atoms with Crippen LogP contribution >= 0.6 is 27.3 Å². The normalized spacial score (nSPS) is 20.7. The largest absolute Gasteiger partial charge is 0.481 e. The molecule has 0 aromatic carbocycles. The van der Waals surface area contributed by atoms with Crippen molar-refractivity contribution >= 4 is 33.2 Å². The second kappa shape index (κ2) is 6.89. The summed E-state index contributed by atoms with van der Waals surface area (Å²) in [4.78, 5) is 19.3. The van der Waals surface area contributed by atoms with Crippen molar-refractivity contribution in [3.63, 3.8) is 0 Å². The van der Waals surface area contributed by atoms with Gasteiger partial charge in [-0.25, -0.2) is 0 Å². The molecule has 1 fully saturated rings. The van der Waals surface area contributed by atoms with E-state index in [0.29, 0.717) is 6.54 Å². The average molecular weight is 381 g/mol. The van der Waals surface area contributed by atoms with Crippen LogP contribution < -0.4 is 0 Å². The van der Waals surface area contributed by atoms with Crippen molar-refractivity contribution in [3.8, 4) is 0 Å². The highest BCUT2D eigenvalue weighted by atomic mass is 79.9. The van der Waals surface area contributed by atoms with E-state index in [2.05, 4.69) is 31.9 Å². The fourth-order valence-corrected chi connectivity index (χ4v) is 4.54. The molecule has 1 aliphatic heterocycles. The second-order valence-electron chi connectivity index (χ2n) is 5.47. The van der Waals surface area contributed by atoms with Crippen molar-refractivity contribution in [2.24, 2.45) is 5.92 Å². The number of hydrogen-bond donors (Lipinski definition) is 1. The van der Waals surface area contributed by atoms with E-state index in [9.17, 15) is 9.90 Å². The maximum absolute atomic E-state index is 11.4. The zero-order valence-corrected chi connectivity index (χ0v) is 14.4. The zero-order chi connectivity index (χ0) is 15.5. The van der Waals surface area contributed by atoms with Gasteiger partial charge in [0, 0.05) is 17.6 Å². The number of halogens is 1. The molecule has 0 saturated carbocycles. The summed E-state index contributed by atoms with van der Waals surface area (Å²) in [7, 11) is 0. The van der Waals surface area contributed by atoms with Crippen molar-refractivity contribution in [2.75, 3.05) is 13.1 Å². The maximum Gasteiger partial charge on any atom is 0.307 e. The Hall–Kier alpha value is -1.24. The number of pyridine rings is 1. The Morgan fingerprint density at radius 2 is 2.27 bits per heavy atom. The molecule has 2 unspecified atom stereocenters. The van der Waals surface area contributed by atoms with Gasteiger partial charge in [0.15, 0.2) is 0 Å². The van der Waals surface area contributed by atoms with Crippen LogP contribution in [-0.4, -0.2) is 34.0 Å². The topological polar surface area (TPSA) is 53.4 Å². The summed E-state index contributed by atoms with van der Waals surface area (Å²) >= 11 is 5.20. The van der Waals surface area contributed by atoms with E-state index in [4.69, 9.17) is 0 Å². The summed E-state index contributed by atoms with van der Waals surface area (Å²) in [5.41, 5.74) is 0.975. The van der Waals surface area contributed by atoms with Crippen LogP contribution in [0, 0.1) is 5.92 Å². The van der Waals surface area contributed by atoms with Gasteiger partial charge in [0.1, 0.15) is 0 Å². The van der Waals surface area contributed by atoms with E-state index < -0.39 is 5.97 Å². The van der Waals surface area contributed by atoms with Gasteiger partial charge in [0.2, 0.25) is 0 Å². The molecule has 0 spiro atoms. The molecule has 2 aromatic rings. The Kier molecular flexibility index (Phi) is 4.90. The zero-order valence-electron chi connectivity index (χ0n) is 12.0. The van der Waals surface area contributed by atoms with E-state index in [0.717, 1.165) is 28.9 Å². The first kappa shape index (κ1) is 15.6. The molecule has 3 rings (SSSR count). The molecule has 0 bridgehead atoms. The minimum absolute atomic E-state index is 0.0275. The second-order valence-corrected chi connectivity index (χ2v) is 7.97. The van der Waals surface area contributed by atoms with Crippen molar-refractivity contribution < 1.29 is 9.90 Å². The first-order valence-electron chi connectivity index (χ1n) is 7.28. The highest BCUT2D eigenvalue weighted by Gasteiger charge is 2.32. The van der Waals surface area contributed by atoms with Crippen LogP contribution in [0.3, 0.4) is 0 Å². The van der Waals surface area contributed by atoms with Gasteiger partial charge in [-0.1, -0.05) is 6.07 Å². The van der Waals surface area contributed by atoms with Gasteiger partial charge in [0.05, 0.1) is 21.4 Å². The molecule has 1 N–H and O–H groups in total. The summed E-state index contributed by atoms with van der Waals surface area (Å²) in [6, 6.07) is 10.1. The smallest absolute Gasteiger partial charge is 0.307 e. The number of thiophene rings is 1. The molecule has 4 nitrogen and oxygen atoms in total. The molecule has 116 valence electrons. The van der Waals surface area contributed by atoms with Crippen LogP contribution in [-0.2, 0) is 4.79 Å². The van der Waals surface area contributed by atoms with Gasteiger partial charge in [-0.2, -0.15) is 0 Å². The number of likely N-dealkylation sites (tertiary alicyclic amines) is 1. The minimum Gasteiger partial charge on any atom is -0.481 e. The Labute approximate surface area is 141 Å². The molecular weight excluding hydrogens is 364 g/mol. The molecule has 1 saturated heterocycles. The lowest BCUT2D eigenvalue weighted by molar-refractivity contribution is -0.143. The quantitative estimate of drug-likeness (QED) is 0.876. The minimum atomic E-state index is -0.697. The fourth-order valence-electron chi connectivity index (χ4n) is 2.97. The number of aliphatic carboxylic acids is 1. The molecule has 22 heavy (non-hydrogen) atoms. The Bertz CT molecular complexity index is 647. The van der Waals surface area contributed by atoms with E-state index >= 15 is 0 Å². The van der Waals surface area contributed by atoms with E-state index in [-0.39, 0.29) is 12.0 Å². The molecule has 3 heterocycles. The number of piperidine rings is 1. The molecule has 2 aromatic heterocycles. The average Bonchev–Trinajstić information content (AvgIpc) is 2.95. The van der Waals surface area contributed by atoms with Crippen LogP contribution in [0.5, 0.6) is 0 Å². The molecular formula is C16H17BrN2O2S. The summed E-state index contributed by atoms with van der Waals surface area (Å²) < 4.78 is 1.08. The number of hydrogen-bond acceptors (Lipinski definition) is 4. The lowest BCUT2D eigenvalue weighted by Crippen LogP contribution is -2.41. The third-order valence-corrected chi connectivity index (χ3v) is 5.67. The third kappa shape index (κ3) is 3.39. The van der Waals surface area contributed by atoms with Gasteiger partial charge in [-0.15, -0.1) is 11.3 Å². The highest BCUT2D eigenvalue weighted by Crippen LogP contribution is 2.36. The fraction of sp³-hybridized carbons (Fsp3) is 0.375. The lowest BCUT2D eigenvalue weighted by atomic mass is 9.95. The number of carbonyl (C=O) groups is 1. The van der Waals surface area contributed by atoms with Crippen molar-refractivity contribution in [2.45, 2.75) is 18.9 Å². The van der Waals surface area contributed by atoms with E-state index in [1.54, 1.807) is 17.5 Å². The van der Waals surface area contributed by atoms with Crippen LogP contribution in [0.1, 0.15) is 29.5 Å². The Balaban J connectivity index is 1.93. The van der Waals surface area contributed by atoms with Gasteiger partial charge >= 0.3 is 5.97 Å². The maximum atomic E-state index is 11.4. The first-order valence-corrected chi connectivity index (χ1v) is 8.89. The predicted molar refractivity (Wildman–Crippen MR) is 90.0 cm³/mol. The molecule has 0 aliphatic carbocycles. The van der Waals surface area contributed by atoms with Crippen molar-refractivity contribution in [1.29, 1.82) is 0 Å². The molecule has 2 atom stereocenters. The number of aromatic nitrogens is 1. The monoisotopic (exact) mass is 380 g/mol. The number of nitrogens with zero attached hydrogens (tertiary/aromatic N) is 2. The van der Waals surface area contributed by atoms with E-state index in [1.807, 2.05) is 24.3 Å². The SMILES string of the molecule is O=C(O)C1CCCN(C(c2ccccn2)c2ccc(Br)s2)C1.